The van der Waals surface area contributed by atoms with Gasteiger partial charge in [-0.1, -0.05) is 32.0 Å². The molecule has 0 bridgehead atoms. The van der Waals surface area contributed by atoms with Crippen LogP contribution in [0, 0.1) is 11.8 Å². The fourth-order valence-electron chi connectivity index (χ4n) is 3.26. The number of para-hydroxylation sites is 1. The molecule has 3 unspecified atom stereocenters. The average molecular weight is 261 g/mol. The normalized spacial score (nSPS) is 27.5. The van der Waals surface area contributed by atoms with Crippen LogP contribution < -0.4 is 10.5 Å². The number of hydrogen-bond donors (Lipinski definition) is 1. The zero-order valence-corrected chi connectivity index (χ0v) is 12.4. The highest BCUT2D eigenvalue weighted by Crippen LogP contribution is 2.41. The highest BCUT2D eigenvalue weighted by Gasteiger charge is 2.32. The van der Waals surface area contributed by atoms with Gasteiger partial charge in [-0.3, -0.25) is 0 Å². The van der Waals surface area contributed by atoms with Crippen molar-refractivity contribution in [1.82, 2.24) is 0 Å². The van der Waals surface area contributed by atoms with E-state index in [9.17, 15) is 0 Å². The molecule has 19 heavy (non-hydrogen) atoms. The van der Waals surface area contributed by atoms with Gasteiger partial charge in [0.1, 0.15) is 5.75 Å². The lowest BCUT2D eigenvalue weighted by molar-refractivity contribution is 0.228. The minimum atomic E-state index is 0.275. The van der Waals surface area contributed by atoms with Gasteiger partial charge in [-0.05, 0) is 49.7 Å². The number of benzene rings is 1. The van der Waals surface area contributed by atoms with Crippen LogP contribution in [-0.4, -0.2) is 12.6 Å². The predicted octanol–water partition coefficient (Wildman–Crippen LogP) is 3.95. The first-order chi connectivity index (χ1) is 9.13. The lowest BCUT2D eigenvalue weighted by Gasteiger charge is -2.37. The topological polar surface area (TPSA) is 35.2 Å². The Morgan fingerprint density at radius 1 is 1.26 bits per heavy atom. The van der Waals surface area contributed by atoms with Gasteiger partial charge in [0.05, 0.1) is 6.61 Å². The largest absolute Gasteiger partial charge is 0.494 e. The molecule has 0 radical (unpaired) electrons. The molecule has 0 aliphatic heterocycles. The molecule has 1 aliphatic rings. The van der Waals surface area contributed by atoms with E-state index in [1.807, 2.05) is 13.0 Å². The molecule has 2 nitrogen and oxygen atoms in total. The summed E-state index contributed by atoms with van der Waals surface area (Å²) < 4.78 is 5.78. The van der Waals surface area contributed by atoms with E-state index in [1.54, 1.807) is 0 Å². The Morgan fingerprint density at radius 3 is 2.68 bits per heavy atom. The summed E-state index contributed by atoms with van der Waals surface area (Å²) in [4.78, 5) is 0. The van der Waals surface area contributed by atoms with Crippen molar-refractivity contribution in [3.05, 3.63) is 29.8 Å². The van der Waals surface area contributed by atoms with Crippen LogP contribution in [0.5, 0.6) is 5.75 Å². The van der Waals surface area contributed by atoms with Crippen molar-refractivity contribution in [2.75, 3.05) is 6.61 Å². The molecule has 1 aromatic carbocycles. The Labute approximate surface area is 117 Å². The highest BCUT2D eigenvalue weighted by molar-refractivity contribution is 5.37. The van der Waals surface area contributed by atoms with E-state index >= 15 is 0 Å². The van der Waals surface area contributed by atoms with E-state index in [2.05, 4.69) is 32.0 Å². The monoisotopic (exact) mass is 261 g/mol. The molecule has 3 atom stereocenters. The second kappa shape index (κ2) is 6.42. The van der Waals surface area contributed by atoms with Gasteiger partial charge in [-0.25, -0.2) is 0 Å². The van der Waals surface area contributed by atoms with Gasteiger partial charge < -0.3 is 10.5 Å². The molecule has 2 heteroatoms. The predicted molar refractivity (Wildman–Crippen MR) is 80.5 cm³/mol. The first-order valence-corrected chi connectivity index (χ1v) is 7.60. The van der Waals surface area contributed by atoms with Crippen molar-refractivity contribution in [3.63, 3.8) is 0 Å². The van der Waals surface area contributed by atoms with E-state index in [1.165, 1.54) is 18.4 Å². The highest BCUT2D eigenvalue weighted by atomic mass is 16.5. The third kappa shape index (κ3) is 3.30. The maximum Gasteiger partial charge on any atom is 0.122 e. The maximum absolute atomic E-state index is 6.38. The molecule has 1 aromatic rings. The van der Waals surface area contributed by atoms with Crippen molar-refractivity contribution in [2.24, 2.45) is 17.6 Å². The number of rotatable bonds is 4. The van der Waals surface area contributed by atoms with Gasteiger partial charge >= 0.3 is 0 Å². The molecular weight excluding hydrogens is 234 g/mol. The van der Waals surface area contributed by atoms with E-state index < -0.39 is 0 Å². The fraction of sp³-hybridized carbons (Fsp3) is 0.647. The van der Waals surface area contributed by atoms with Crippen LogP contribution in [0.4, 0.5) is 0 Å². The third-order valence-electron chi connectivity index (χ3n) is 4.51. The Kier molecular flexibility index (Phi) is 4.87. The van der Waals surface area contributed by atoms with Crippen LogP contribution in [0.2, 0.25) is 0 Å². The lowest BCUT2D eigenvalue weighted by atomic mass is 9.71. The van der Waals surface area contributed by atoms with Crippen molar-refractivity contribution >= 4 is 0 Å². The minimum absolute atomic E-state index is 0.275. The standard InChI is InChI=1S/C17H27NO/c1-4-19-17-8-6-5-7-14(17)15-11-13(12(2)3)9-10-16(15)18/h5-8,12-13,15-16H,4,9-11,18H2,1-3H3. The van der Waals surface area contributed by atoms with E-state index in [-0.39, 0.29) is 6.04 Å². The van der Waals surface area contributed by atoms with E-state index in [4.69, 9.17) is 10.5 Å². The summed E-state index contributed by atoms with van der Waals surface area (Å²) >= 11 is 0. The van der Waals surface area contributed by atoms with Gasteiger partial charge in [0, 0.05) is 12.0 Å². The smallest absolute Gasteiger partial charge is 0.122 e. The Hall–Kier alpha value is -1.02. The average Bonchev–Trinajstić information content (AvgIpc) is 2.40. The van der Waals surface area contributed by atoms with Gasteiger partial charge in [0.2, 0.25) is 0 Å². The summed E-state index contributed by atoms with van der Waals surface area (Å²) in [6, 6.07) is 8.69. The second-order valence-electron chi connectivity index (χ2n) is 6.06. The SMILES string of the molecule is CCOc1ccccc1C1CC(C(C)C)CCC1N. The van der Waals surface area contributed by atoms with Crippen LogP contribution in [0.3, 0.4) is 0 Å². The second-order valence-corrected chi connectivity index (χ2v) is 6.06. The Morgan fingerprint density at radius 2 is 2.00 bits per heavy atom. The Bertz CT molecular complexity index is 402. The molecule has 0 spiro atoms. The molecule has 0 heterocycles. The number of nitrogens with two attached hydrogens (primary N) is 1. The molecule has 0 amide bonds. The summed E-state index contributed by atoms with van der Waals surface area (Å²) in [5.41, 5.74) is 7.69. The van der Waals surface area contributed by atoms with Gasteiger partial charge in [-0.15, -0.1) is 0 Å². The molecular formula is C17H27NO. The van der Waals surface area contributed by atoms with Crippen LogP contribution in [0.15, 0.2) is 24.3 Å². The third-order valence-corrected chi connectivity index (χ3v) is 4.51. The zero-order chi connectivity index (χ0) is 13.8. The van der Waals surface area contributed by atoms with Gasteiger partial charge in [0.25, 0.3) is 0 Å². The first-order valence-electron chi connectivity index (χ1n) is 7.60. The van der Waals surface area contributed by atoms with Gasteiger partial charge in [-0.2, -0.15) is 0 Å². The molecule has 2 rings (SSSR count). The molecule has 106 valence electrons. The van der Waals surface area contributed by atoms with E-state index in [0.29, 0.717) is 12.5 Å². The van der Waals surface area contributed by atoms with Crippen LogP contribution in [0.1, 0.15) is 51.5 Å². The zero-order valence-electron chi connectivity index (χ0n) is 12.4. The molecule has 1 fully saturated rings. The first kappa shape index (κ1) is 14.4. The summed E-state index contributed by atoms with van der Waals surface area (Å²) in [6.07, 6.45) is 3.60. The maximum atomic E-state index is 6.38. The van der Waals surface area contributed by atoms with Crippen molar-refractivity contribution in [1.29, 1.82) is 0 Å². The fourth-order valence-corrected chi connectivity index (χ4v) is 3.26. The molecule has 0 saturated heterocycles. The lowest BCUT2D eigenvalue weighted by Crippen LogP contribution is -2.36. The summed E-state index contributed by atoms with van der Waals surface area (Å²) in [5.74, 6) is 3.01. The summed E-state index contributed by atoms with van der Waals surface area (Å²) in [5, 5.41) is 0. The van der Waals surface area contributed by atoms with Crippen molar-refractivity contribution < 1.29 is 4.74 Å². The van der Waals surface area contributed by atoms with Gasteiger partial charge in [0.15, 0.2) is 0 Å². The number of hydrogen-bond acceptors (Lipinski definition) is 2. The molecule has 0 aromatic heterocycles. The minimum Gasteiger partial charge on any atom is -0.494 e. The van der Waals surface area contributed by atoms with Crippen LogP contribution in [-0.2, 0) is 0 Å². The summed E-state index contributed by atoms with van der Waals surface area (Å²) in [6.45, 7) is 7.40. The van der Waals surface area contributed by atoms with Crippen LogP contribution >= 0.6 is 0 Å². The Balaban J connectivity index is 2.23. The van der Waals surface area contributed by atoms with E-state index in [0.717, 1.165) is 24.0 Å². The molecule has 1 saturated carbocycles. The van der Waals surface area contributed by atoms with Crippen molar-refractivity contribution in [2.45, 2.75) is 52.0 Å². The van der Waals surface area contributed by atoms with Crippen molar-refractivity contribution in [3.8, 4) is 5.75 Å². The number of ether oxygens (including phenoxy) is 1. The molecule has 1 aliphatic carbocycles. The molecule has 2 N–H and O–H groups in total. The van der Waals surface area contributed by atoms with Crippen LogP contribution in [0.25, 0.3) is 0 Å². The summed E-state index contributed by atoms with van der Waals surface area (Å²) in [7, 11) is 0. The quantitative estimate of drug-likeness (QED) is 0.890.